The minimum Gasteiger partial charge on any atom is -0.545 e. The standard InChI is InChI=1S/C12H8N2O4.Ca/c15-11(16)7-1-3-13-9(5-7)10-6-8(12(17)18)2-4-14-10;/h1-6H,(H,15,16)(H,17,18);/q;+2/p-2. The maximum Gasteiger partial charge on any atom is 2.00 e. The Bertz CT molecular complexity index is 575. The molecule has 90 valence electrons. The van der Waals surface area contributed by atoms with Gasteiger partial charge in [-0.3, -0.25) is 9.97 Å². The third-order valence-electron chi connectivity index (χ3n) is 2.25. The zero-order chi connectivity index (χ0) is 13.1. The summed E-state index contributed by atoms with van der Waals surface area (Å²) in [5.74, 6) is -2.68. The summed E-state index contributed by atoms with van der Waals surface area (Å²) in [6.07, 6.45) is 2.57. The zero-order valence-corrected chi connectivity index (χ0v) is 11.9. The first kappa shape index (κ1) is 15.6. The normalized spacial score (nSPS) is 9.47. The van der Waals surface area contributed by atoms with Crippen molar-refractivity contribution in [3.05, 3.63) is 47.8 Å². The molecule has 19 heavy (non-hydrogen) atoms. The van der Waals surface area contributed by atoms with Crippen LogP contribution in [0.25, 0.3) is 11.4 Å². The van der Waals surface area contributed by atoms with Gasteiger partial charge in [0, 0.05) is 23.5 Å². The fourth-order valence-electron chi connectivity index (χ4n) is 1.40. The molecule has 0 aliphatic carbocycles. The van der Waals surface area contributed by atoms with E-state index in [0.29, 0.717) is 0 Å². The molecule has 2 aromatic rings. The number of pyridine rings is 2. The van der Waals surface area contributed by atoms with E-state index >= 15 is 0 Å². The summed E-state index contributed by atoms with van der Waals surface area (Å²) in [5, 5.41) is 21.4. The molecule has 0 aromatic carbocycles. The van der Waals surface area contributed by atoms with Gasteiger partial charge in [0.1, 0.15) is 0 Å². The van der Waals surface area contributed by atoms with E-state index in [2.05, 4.69) is 9.97 Å². The van der Waals surface area contributed by atoms with Crippen molar-refractivity contribution in [3.8, 4) is 11.4 Å². The van der Waals surface area contributed by atoms with Crippen LogP contribution in [0.2, 0.25) is 0 Å². The minimum absolute atomic E-state index is 0. The summed E-state index contributed by atoms with van der Waals surface area (Å²) in [6.45, 7) is 0. The van der Waals surface area contributed by atoms with E-state index in [0.717, 1.165) is 0 Å². The van der Waals surface area contributed by atoms with Gasteiger partial charge in [-0.2, -0.15) is 0 Å². The van der Waals surface area contributed by atoms with E-state index in [1.165, 1.54) is 36.7 Å². The number of rotatable bonds is 3. The molecule has 0 aliphatic rings. The maximum atomic E-state index is 10.7. The SMILES string of the molecule is O=C([O-])c1ccnc(-c2cc(C(=O)[O-])ccn2)c1.[Ca+2]. The van der Waals surface area contributed by atoms with Crippen molar-refractivity contribution in [2.45, 2.75) is 0 Å². The van der Waals surface area contributed by atoms with Gasteiger partial charge in [-0.1, -0.05) is 0 Å². The van der Waals surface area contributed by atoms with Gasteiger partial charge >= 0.3 is 37.7 Å². The van der Waals surface area contributed by atoms with Gasteiger partial charge in [-0.15, -0.1) is 0 Å². The predicted octanol–water partition coefficient (Wildman–Crippen LogP) is -1.51. The Kier molecular flexibility index (Phi) is 5.41. The molecule has 0 fully saturated rings. The Balaban J connectivity index is 0.00000180. The molecule has 0 spiro atoms. The van der Waals surface area contributed by atoms with E-state index in [-0.39, 0.29) is 60.3 Å². The molecule has 2 aromatic heterocycles. The maximum absolute atomic E-state index is 10.7. The van der Waals surface area contributed by atoms with Gasteiger partial charge in [0.2, 0.25) is 0 Å². The molecule has 2 heterocycles. The Morgan fingerprint density at radius 1 is 0.842 bits per heavy atom. The summed E-state index contributed by atoms with van der Waals surface area (Å²) in [7, 11) is 0. The first-order chi connectivity index (χ1) is 8.58. The molecule has 0 saturated heterocycles. The largest absolute Gasteiger partial charge is 2.00 e. The average molecular weight is 282 g/mol. The van der Waals surface area contributed by atoms with Crippen LogP contribution in [0.4, 0.5) is 0 Å². The number of hydrogen-bond acceptors (Lipinski definition) is 6. The van der Waals surface area contributed by atoms with Crippen LogP contribution < -0.4 is 10.2 Å². The smallest absolute Gasteiger partial charge is 0.545 e. The number of hydrogen-bond donors (Lipinski definition) is 0. The summed E-state index contributed by atoms with van der Waals surface area (Å²) < 4.78 is 0. The second kappa shape index (κ2) is 6.60. The molecule has 0 unspecified atom stereocenters. The van der Waals surface area contributed by atoms with E-state index in [4.69, 9.17) is 0 Å². The molecule has 0 radical (unpaired) electrons. The number of aromatic nitrogens is 2. The number of carboxylic acids is 2. The van der Waals surface area contributed by atoms with Crippen LogP contribution in [0.1, 0.15) is 20.7 Å². The van der Waals surface area contributed by atoms with Crippen molar-refractivity contribution < 1.29 is 19.8 Å². The molecule has 0 amide bonds. The summed E-state index contributed by atoms with van der Waals surface area (Å²) in [4.78, 5) is 29.2. The zero-order valence-electron chi connectivity index (χ0n) is 9.70. The molecule has 0 aliphatic heterocycles. The topological polar surface area (TPSA) is 106 Å². The predicted molar refractivity (Wildman–Crippen MR) is 61.9 cm³/mol. The van der Waals surface area contributed by atoms with Gasteiger partial charge in [0.25, 0.3) is 0 Å². The molecule has 6 nitrogen and oxygen atoms in total. The Labute approximate surface area is 138 Å². The van der Waals surface area contributed by atoms with Crippen molar-refractivity contribution in [1.29, 1.82) is 0 Å². The minimum atomic E-state index is -1.34. The van der Waals surface area contributed by atoms with Crippen LogP contribution in [0, 0.1) is 0 Å². The van der Waals surface area contributed by atoms with Gasteiger partial charge in [0.05, 0.1) is 23.3 Å². The van der Waals surface area contributed by atoms with Gasteiger partial charge in [-0.25, -0.2) is 0 Å². The number of carbonyl (C=O) groups is 2. The Hall–Kier alpha value is -1.50. The van der Waals surface area contributed by atoms with Crippen molar-refractivity contribution in [2.24, 2.45) is 0 Å². The second-order valence-corrected chi connectivity index (χ2v) is 3.43. The van der Waals surface area contributed by atoms with Crippen molar-refractivity contribution in [2.75, 3.05) is 0 Å². The molecular formula is C12H6CaN2O4. The van der Waals surface area contributed by atoms with E-state index in [1.54, 1.807) is 0 Å². The summed E-state index contributed by atoms with van der Waals surface area (Å²) in [6, 6.07) is 5.08. The van der Waals surface area contributed by atoms with E-state index in [1.807, 2.05) is 0 Å². The van der Waals surface area contributed by atoms with Crippen molar-refractivity contribution >= 4 is 49.7 Å². The molecule has 0 saturated carbocycles. The van der Waals surface area contributed by atoms with Gasteiger partial charge < -0.3 is 19.8 Å². The van der Waals surface area contributed by atoms with Gasteiger partial charge in [0.15, 0.2) is 0 Å². The Morgan fingerprint density at radius 2 is 1.21 bits per heavy atom. The fourth-order valence-corrected chi connectivity index (χ4v) is 1.40. The third-order valence-corrected chi connectivity index (χ3v) is 2.25. The number of carbonyl (C=O) groups excluding carboxylic acids is 2. The van der Waals surface area contributed by atoms with Crippen molar-refractivity contribution in [1.82, 2.24) is 9.97 Å². The van der Waals surface area contributed by atoms with Crippen LogP contribution in [-0.2, 0) is 0 Å². The van der Waals surface area contributed by atoms with Crippen LogP contribution >= 0.6 is 0 Å². The van der Waals surface area contributed by atoms with E-state index in [9.17, 15) is 19.8 Å². The second-order valence-electron chi connectivity index (χ2n) is 3.43. The van der Waals surface area contributed by atoms with Crippen molar-refractivity contribution in [3.63, 3.8) is 0 Å². The summed E-state index contributed by atoms with van der Waals surface area (Å²) >= 11 is 0. The molecular weight excluding hydrogens is 276 g/mol. The first-order valence-corrected chi connectivity index (χ1v) is 4.93. The van der Waals surface area contributed by atoms with Crippen LogP contribution in [0.5, 0.6) is 0 Å². The van der Waals surface area contributed by atoms with E-state index < -0.39 is 11.9 Å². The number of carboxylic acid groups (broad SMARTS) is 2. The molecule has 2 rings (SSSR count). The third kappa shape index (κ3) is 3.73. The quantitative estimate of drug-likeness (QED) is 0.634. The summed E-state index contributed by atoms with van der Waals surface area (Å²) in [5.41, 5.74) is 0.390. The van der Waals surface area contributed by atoms with Crippen LogP contribution in [0.3, 0.4) is 0 Å². The monoisotopic (exact) mass is 282 g/mol. The first-order valence-electron chi connectivity index (χ1n) is 4.93. The Morgan fingerprint density at radius 3 is 1.53 bits per heavy atom. The number of nitrogens with zero attached hydrogens (tertiary/aromatic N) is 2. The van der Waals surface area contributed by atoms with Crippen LogP contribution in [0.15, 0.2) is 36.7 Å². The van der Waals surface area contributed by atoms with Gasteiger partial charge in [-0.05, 0) is 24.3 Å². The fraction of sp³-hybridized carbons (Fsp3) is 0. The molecule has 7 heteroatoms. The molecule has 0 N–H and O–H groups in total. The number of aromatic carboxylic acids is 2. The average Bonchev–Trinajstić information content (AvgIpc) is 2.39. The van der Waals surface area contributed by atoms with Crippen LogP contribution in [-0.4, -0.2) is 59.6 Å². The molecule has 0 atom stereocenters. The molecule has 0 bridgehead atoms.